The third kappa shape index (κ3) is 3.35. The van der Waals surface area contributed by atoms with Crippen LogP contribution in [-0.2, 0) is 4.79 Å². The molecular formula is C23H22N4O2. The minimum absolute atomic E-state index is 0.0207. The number of pyridine rings is 2. The van der Waals surface area contributed by atoms with Gasteiger partial charge in [0, 0.05) is 17.5 Å². The van der Waals surface area contributed by atoms with Crippen LogP contribution in [0.2, 0.25) is 0 Å². The van der Waals surface area contributed by atoms with Gasteiger partial charge in [0.1, 0.15) is 0 Å². The molecule has 6 nitrogen and oxygen atoms in total. The average molecular weight is 386 g/mol. The maximum Gasteiger partial charge on any atom is 0.270 e. The maximum absolute atomic E-state index is 12.9. The molecule has 2 bridgehead atoms. The van der Waals surface area contributed by atoms with Crippen LogP contribution in [-0.4, -0.2) is 21.8 Å². The van der Waals surface area contributed by atoms with Crippen molar-refractivity contribution in [3.63, 3.8) is 0 Å². The summed E-state index contributed by atoms with van der Waals surface area (Å²) >= 11 is 0. The molecule has 2 aliphatic rings. The van der Waals surface area contributed by atoms with Gasteiger partial charge in [-0.3, -0.25) is 25.4 Å². The molecule has 2 fully saturated rings. The van der Waals surface area contributed by atoms with Crippen LogP contribution in [0.15, 0.2) is 54.7 Å². The lowest BCUT2D eigenvalue weighted by molar-refractivity contribution is -0.127. The van der Waals surface area contributed by atoms with Crippen molar-refractivity contribution in [3.05, 3.63) is 60.3 Å². The Labute approximate surface area is 168 Å². The summed E-state index contributed by atoms with van der Waals surface area (Å²) < 4.78 is 0. The van der Waals surface area contributed by atoms with Crippen LogP contribution in [0, 0.1) is 17.8 Å². The Kier molecular flexibility index (Phi) is 4.46. The molecule has 0 aliphatic heterocycles. The number of carbonyl (C=O) groups is 2. The molecular weight excluding hydrogens is 364 g/mol. The Bertz CT molecular complexity index is 1080. The highest BCUT2D eigenvalue weighted by molar-refractivity contribution is 6.07. The van der Waals surface area contributed by atoms with E-state index in [1.807, 2.05) is 42.5 Å². The van der Waals surface area contributed by atoms with E-state index in [9.17, 15) is 9.59 Å². The van der Waals surface area contributed by atoms with Gasteiger partial charge in [-0.05, 0) is 55.4 Å². The quantitative estimate of drug-likeness (QED) is 0.675. The Morgan fingerprint density at radius 3 is 2.55 bits per heavy atom. The number of hydrogen-bond acceptors (Lipinski definition) is 4. The first-order chi connectivity index (χ1) is 14.2. The third-order valence-electron chi connectivity index (χ3n) is 6.26. The summed E-state index contributed by atoms with van der Waals surface area (Å²) in [6, 6.07) is 14.8. The van der Waals surface area contributed by atoms with Crippen LogP contribution in [0.3, 0.4) is 0 Å². The zero-order valence-corrected chi connectivity index (χ0v) is 16.0. The molecule has 146 valence electrons. The number of benzene rings is 1. The molecule has 2 aromatic heterocycles. The normalized spacial score (nSPS) is 22.6. The van der Waals surface area contributed by atoms with E-state index < -0.39 is 0 Å². The van der Waals surface area contributed by atoms with Gasteiger partial charge in [0.2, 0.25) is 5.91 Å². The topological polar surface area (TPSA) is 84.0 Å². The molecule has 3 unspecified atom stereocenters. The number of carbonyl (C=O) groups excluding carboxylic acids is 2. The number of amides is 2. The van der Waals surface area contributed by atoms with Crippen molar-refractivity contribution < 1.29 is 9.59 Å². The highest BCUT2D eigenvalue weighted by atomic mass is 16.2. The summed E-state index contributed by atoms with van der Waals surface area (Å²) in [7, 11) is 0. The monoisotopic (exact) mass is 386 g/mol. The Morgan fingerprint density at radius 1 is 0.931 bits per heavy atom. The molecule has 3 aromatic rings. The van der Waals surface area contributed by atoms with Crippen molar-refractivity contribution in [2.75, 3.05) is 0 Å². The fraction of sp³-hybridized carbons (Fsp3) is 0.304. The van der Waals surface area contributed by atoms with Crippen molar-refractivity contribution in [3.8, 4) is 11.4 Å². The van der Waals surface area contributed by atoms with Crippen molar-refractivity contribution in [1.82, 2.24) is 20.8 Å². The van der Waals surface area contributed by atoms with Crippen molar-refractivity contribution in [2.45, 2.75) is 25.7 Å². The van der Waals surface area contributed by atoms with E-state index in [-0.39, 0.29) is 17.7 Å². The molecule has 0 spiro atoms. The Balaban J connectivity index is 1.40. The van der Waals surface area contributed by atoms with Gasteiger partial charge in [0.15, 0.2) is 0 Å². The van der Waals surface area contributed by atoms with E-state index in [2.05, 4.69) is 20.8 Å². The van der Waals surface area contributed by atoms with Crippen molar-refractivity contribution >= 4 is 22.7 Å². The second kappa shape index (κ2) is 7.28. The summed E-state index contributed by atoms with van der Waals surface area (Å²) in [5, 5.41) is 0.735. The fourth-order valence-corrected chi connectivity index (χ4v) is 4.85. The van der Waals surface area contributed by atoms with Crippen LogP contribution in [0.5, 0.6) is 0 Å². The third-order valence-corrected chi connectivity index (χ3v) is 6.26. The average Bonchev–Trinajstić information content (AvgIpc) is 3.41. The molecule has 29 heavy (non-hydrogen) atoms. The number of rotatable bonds is 3. The fourth-order valence-electron chi connectivity index (χ4n) is 4.85. The van der Waals surface area contributed by atoms with Crippen molar-refractivity contribution in [1.29, 1.82) is 0 Å². The highest BCUT2D eigenvalue weighted by Crippen LogP contribution is 2.48. The molecule has 0 radical (unpaired) electrons. The Hall–Kier alpha value is -3.28. The lowest BCUT2D eigenvalue weighted by Crippen LogP contribution is -2.45. The lowest BCUT2D eigenvalue weighted by atomic mass is 9.88. The zero-order valence-electron chi connectivity index (χ0n) is 16.0. The number of hydrogen-bond donors (Lipinski definition) is 2. The van der Waals surface area contributed by atoms with Crippen LogP contribution >= 0.6 is 0 Å². The highest BCUT2D eigenvalue weighted by Gasteiger charge is 2.43. The van der Waals surface area contributed by atoms with E-state index >= 15 is 0 Å². The molecule has 0 saturated heterocycles. The summed E-state index contributed by atoms with van der Waals surface area (Å²) in [5.41, 5.74) is 7.76. The first kappa shape index (κ1) is 17.8. The van der Waals surface area contributed by atoms with Crippen LogP contribution in [0.25, 0.3) is 22.3 Å². The van der Waals surface area contributed by atoms with E-state index in [0.29, 0.717) is 34.3 Å². The van der Waals surface area contributed by atoms with Gasteiger partial charge in [-0.2, -0.15) is 0 Å². The van der Waals surface area contributed by atoms with Gasteiger partial charge in [0.05, 0.1) is 22.5 Å². The zero-order chi connectivity index (χ0) is 19.8. The number of para-hydroxylation sites is 1. The summed E-state index contributed by atoms with van der Waals surface area (Å²) in [4.78, 5) is 34.5. The second-order valence-corrected chi connectivity index (χ2v) is 8.01. The number of fused-ring (bicyclic) bond motifs is 3. The first-order valence-electron chi connectivity index (χ1n) is 10.1. The van der Waals surface area contributed by atoms with Gasteiger partial charge < -0.3 is 0 Å². The van der Waals surface area contributed by atoms with E-state index in [0.717, 1.165) is 24.6 Å². The minimum Gasteiger partial charge on any atom is -0.273 e. The van der Waals surface area contributed by atoms with E-state index in [1.165, 1.54) is 6.42 Å². The van der Waals surface area contributed by atoms with Gasteiger partial charge >= 0.3 is 0 Å². The first-order valence-corrected chi connectivity index (χ1v) is 10.1. The number of nitrogens with zero attached hydrogens (tertiary/aromatic N) is 2. The molecule has 6 heteroatoms. The van der Waals surface area contributed by atoms with Crippen LogP contribution < -0.4 is 10.9 Å². The Morgan fingerprint density at radius 2 is 1.79 bits per heavy atom. The number of aromatic nitrogens is 2. The second-order valence-electron chi connectivity index (χ2n) is 8.01. The summed E-state index contributed by atoms with van der Waals surface area (Å²) in [6.45, 7) is 0. The van der Waals surface area contributed by atoms with Gasteiger partial charge in [0.25, 0.3) is 5.91 Å². The molecule has 2 amide bonds. The summed E-state index contributed by atoms with van der Waals surface area (Å²) in [6.07, 6.45) is 6.14. The van der Waals surface area contributed by atoms with E-state index in [1.54, 1.807) is 12.3 Å². The standard InChI is InChI=1S/C23H22N4O2/c28-22(17-12-14-8-9-15(17)11-14)26-27-23(29)18-13-21(20-7-3-4-10-24-20)25-19-6-2-1-5-16(18)19/h1-7,10,13-15,17H,8-9,11-12H2,(H,26,28)(H,27,29). The van der Waals surface area contributed by atoms with Crippen LogP contribution in [0.4, 0.5) is 0 Å². The molecule has 2 heterocycles. The van der Waals surface area contributed by atoms with E-state index in [4.69, 9.17) is 0 Å². The molecule has 1 aromatic carbocycles. The predicted molar refractivity (Wildman–Crippen MR) is 110 cm³/mol. The van der Waals surface area contributed by atoms with Gasteiger partial charge in [-0.25, -0.2) is 4.98 Å². The smallest absolute Gasteiger partial charge is 0.270 e. The summed E-state index contributed by atoms with van der Waals surface area (Å²) in [5.74, 6) is 0.740. The van der Waals surface area contributed by atoms with Gasteiger partial charge in [-0.15, -0.1) is 0 Å². The van der Waals surface area contributed by atoms with Crippen molar-refractivity contribution in [2.24, 2.45) is 17.8 Å². The number of hydrazine groups is 1. The molecule has 5 rings (SSSR count). The minimum atomic E-state index is -0.350. The van der Waals surface area contributed by atoms with Gasteiger partial charge in [-0.1, -0.05) is 30.7 Å². The molecule has 2 saturated carbocycles. The predicted octanol–water partition coefficient (Wildman–Crippen LogP) is 3.49. The maximum atomic E-state index is 12.9. The van der Waals surface area contributed by atoms with Crippen LogP contribution in [0.1, 0.15) is 36.0 Å². The number of nitrogens with one attached hydrogen (secondary N) is 2. The lowest BCUT2D eigenvalue weighted by Gasteiger charge is -2.21. The molecule has 2 aliphatic carbocycles. The SMILES string of the molecule is O=C(NNC(=O)C1CC2CCC1C2)c1cc(-c2ccccn2)nc2ccccc12. The molecule has 2 N–H and O–H groups in total. The molecule has 3 atom stereocenters. The largest absolute Gasteiger partial charge is 0.273 e.